The Hall–Kier alpha value is -0.480. The molecule has 0 aliphatic heterocycles. The Morgan fingerprint density at radius 2 is 1.79 bits per heavy atom. The molecule has 0 aliphatic carbocycles. The first-order valence-corrected chi connectivity index (χ1v) is 6.02. The van der Waals surface area contributed by atoms with Crippen molar-refractivity contribution in [3.8, 4) is 0 Å². The lowest BCUT2D eigenvalue weighted by molar-refractivity contribution is 1.15. The second-order valence-corrected chi connectivity index (χ2v) is 6.10. The molecule has 0 spiro atoms. The van der Waals surface area contributed by atoms with Crippen molar-refractivity contribution in [3.63, 3.8) is 0 Å². The van der Waals surface area contributed by atoms with Crippen LogP contribution < -0.4 is 0 Å². The summed E-state index contributed by atoms with van der Waals surface area (Å²) in [6, 6.07) is 8.03. The van der Waals surface area contributed by atoms with Gasteiger partial charge >= 0.3 is 0 Å². The summed E-state index contributed by atoms with van der Waals surface area (Å²) in [6.07, 6.45) is 0. The van der Waals surface area contributed by atoms with Crippen LogP contribution in [0.15, 0.2) is 24.3 Å². The zero-order valence-electron chi connectivity index (χ0n) is 7.54. The maximum Gasteiger partial charge on any atom is 0.159 e. The van der Waals surface area contributed by atoms with E-state index in [0.29, 0.717) is 0 Å². The quantitative estimate of drug-likeness (QED) is 0.749. The van der Waals surface area contributed by atoms with Crippen molar-refractivity contribution in [2.45, 2.75) is 10.7 Å². The number of nitrogens with zero attached hydrogens (tertiary/aromatic N) is 2. The molecule has 4 heteroatoms. The first kappa shape index (κ1) is 10.1. The highest BCUT2D eigenvalue weighted by Crippen LogP contribution is 2.28. The zero-order valence-corrected chi connectivity index (χ0v) is 10.7. The summed E-state index contributed by atoms with van der Waals surface area (Å²) in [5.74, 6) is 0. The minimum atomic E-state index is 0.0849. The van der Waals surface area contributed by atoms with Gasteiger partial charge in [0.1, 0.15) is 3.74 Å². The van der Waals surface area contributed by atoms with Gasteiger partial charge in [-0.15, -0.1) is 0 Å². The smallest absolute Gasteiger partial charge is 0.159 e. The fourth-order valence-electron chi connectivity index (χ4n) is 1.23. The summed E-state index contributed by atoms with van der Waals surface area (Å²) in [4.78, 5) is 8.80. The van der Waals surface area contributed by atoms with Gasteiger partial charge in [-0.25, -0.2) is 9.97 Å². The molecule has 0 bridgehead atoms. The minimum Gasteiger partial charge on any atom is -0.233 e. The van der Waals surface area contributed by atoms with Crippen LogP contribution in [0.1, 0.15) is 15.1 Å². The standard InChI is InChI=1S/C10H8Br2N2/c1-6-2-3-7-4-5-8(9(11)12)14-10(7)13-6/h2-5,9H,1H3. The van der Waals surface area contributed by atoms with E-state index in [1.54, 1.807) is 0 Å². The zero-order chi connectivity index (χ0) is 10.1. The van der Waals surface area contributed by atoms with Crippen molar-refractivity contribution in [3.05, 3.63) is 35.7 Å². The summed E-state index contributed by atoms with van der Waals surface area (Å²) >= 11 is 6.83. The van der Waals surface area contributed by atoms with E-state index in [9.17, 15) is 0 Å². The number of alkyl halides is 2. The van der Waals surface area contributed by atoms with E-state index >= 15 is 0 Å². The maximum absolute atomic E-state index is 4.43. The lowest BCUT2D eigenvalue weighted by Crippen LogP contribution is -1.91. The topological polar surface area (TPSA) is 25.8 Å². The molecular formula is C10H8Br2N2. The van der Waals surface area contributed by atoms with E-state index in [2.05, 4.69) is 41.8 Å². The number of halogens is 2. The second-order valence-electron chi connectivity index (χ2n) is 3.04. The van der Waals surface area contributed by atoms with Crippen LogP contribution in [0.4, 0.5) is 0 Å². The van der Waals surface area contributed by atoms with Crippen LogP contribution in [0.25, 0.3) is 11.0 Å². The van der Waals surface area contributed by atoms with Crippen molar-refractivity contribution in [1.29, 1.82) is 0 Å². The number of hydrogen-bond acceptors (Lipinski definition) is 2. The molecule has 0 saturated heterocycles. The molecule has 0 saturated carbocycles. The first-order chi connectivity index (χ1) is 6.66. The predicted octanol–water partition coefficient (Wildman–Crippen LogP) is 3.73. The van der Waals surface area contributed by atoms with Gasteiger partial charge in [0.2, 0.25) is 0 Å². The average Bonchev–Trinajstić information content (AvgIpc) is 2.16. The predicted molar refractivity (Wildman–Crippen MR) is 64.9 cm³/mol. The molecule has 0 fully saturated rings. The molecule has 0 amide bonds. The minimum absolute atomic E-state index is 0.0849. The van der Waals surface area contributed by atoms with Crippen LogP contribution in [-0.2, 0) is 0 Å². The molecule has 2 heterocycles. The van der Waals surface area contributed by atoms with Crippen LogP contribution in [-0.4, -0.2) is 9.97 Å². The molecule has 2 rings (SSSR count). The highest BCUT2D eigenvalue weighted by Gasteiger charge is 2.05. The van der Waals surface area contributed by atoms with Gasteiger partial charge in [0.25, 0.3) is 0 Å². The monoisotopic (exact) mass is 314 g/mol. The Bertz CT molecular complexity index is 469. The molecule has 0 aromatic carbocycles. The largest absolute Gasteiger partial charge is 0.233 e. The van der Waals surface area contributed by atoms with Crippen molar-refractivity contribution in [2.75, 3.05) is 0 Å². The van der Waals surface area contributed by atoms with E-state index < -0.39 is 0 Å². The Morgan fingerprint density at radius 1 is 1.07 bits per heavy atom. The molecule has 0 radical (unpaired) electrons. The van der Waals surface area contributed by atoms with Gasteiger partial charge in [-0.05, 0) is 31.2 Å². The number of fused-ring (bicyclic) bond motifs is 1. The third-order valence-corrected chi connectivity index (χ3v) is 2.87. The van der Waals surface area contributed by atoms with Crippen LogP contribution in [0.5, 0.6) is 0 Å². The van der Waals surface area contributed by atoms with Crippen molar-refractivity contribution in [1.82, 2.24) is 9.97 Å². The van der Waals surface area contributed by atoms with E-state index in [1.165, 1.54) is 0 Å². The first-order valence-electron chi connectivity index (χ1n) is 4.19. The van der Waals surface area contributed by atoms with E-state index in [-0.39, 0.29) is 3.74 Å². The van der Waals surface area contributed by atoms with Gasteiger partial charge in [0, 0.05) is 11.1 Å². The van der Waals surface area contributed by atoms with Gasteiger partial charge in [0.05, 0.1) is 5.69 Å². The average molecular weight is 316 g/mol. The summed E-state index contributed by atoms with van der Waals surface area (Å²) in [6.45, 7) is 1.97. The lowest BCUT2D eigenvalue weighted by Gasteiger charge is -2.03. The summed E-state index contributed by atoms with van der Waals surface area (Å²) in [5, 5.41) is 1.07. The number of rotatable bonds is 1. The molecule has 14 heavy (non-hydrogen) atoms. The maximum atomic E-state index is 4.43. The van der Waals surface area contributed by atoms with Gasteiger partial charge in [0.15, 0.2) is 5.65 Å². The number of aromatic nitrogens is 2. The number of hydrogen-bond donors (Lipinski definition) is 0. The fourth-order valence-corrected chi connectivity index (χ4v) is 1.74. The molecule has 2 nitrogen and oxygen atoms in total. The van der Waals surface area contributed by atoms with Crippen LogP contribution >= 0.6 is 31.9 Å². The van der Waals surface area contributed by atoms with Crippen LogP contribution in [0, 0.1) is 6.92 Å². The Morgan fingerprint density at radius 3 is 2.50 bits per heavy atom. The molecule has 2 aromatic rings. The Kier molecular flexibility index (Phi) is 2.83. The lowest BCUT2D eigenvalue weighted by atomic mass is 10.2. The molecule has 0 unspecified atom stereocenters. The van der Waals surface area contributed by atoms with Crippen molar-refractivity contribution in [2.24, 2.45) is 0 Å². The van der Waals surface area contributed by atoms with Gasteiger partial charge < -0.3 is 0 Å². The third kappa shape index (κ3) is 1.96. The fraction of sp³-hybridized carbons (Fsp3) is 0.200. The SMILES string of the molecule is Cc1ccc2ccc(C(Br)Br)nc2n1. The molecule has 0 atom stereocenters. The summed E-state index contributed by atoms with van der Waals surface area (Å²) in [5.41, 5.74) is 2.73. The normalized spacial score (nSPS) is 11.1. The third-order valence-electron chi connectivity index (χ3n) is 1.94. The summed E-state index contributed by atoms with van der Waals surface area (Å²) < 4.78 is 0.0849. The van der Waals surface area contributed by atoms with E-state index in [0.717, 1.165) is 22.4 Å². The highest BCUT2D eigenvalue weighted by atomic mass is 79.9. The van der Waals surface area contributed by atoms with E-state index in [1.807, 2.05) is 31.2 Å². The van der Waals surface area contributed by atoms with Gasteiger partial charge in [-0.2, -0.15) is 0 Å². The second kappa shape index (κ2) is 3.95. The summed E-state index contributed by atoms with van der Waals surface area (Å²) in [7, 11) is 0. The molecular weight excluding hydrogens is 308 g/mol. The van der Waals surface area contributed by atoms with Crippen molar-refractivity contribution >= 4 is 42.9 Å². The van der Waals surface area contributed by atoms with Gasteiger partial charge in [-0.1, -0.05) is 31.9 Å². The van der Waals surface area contributed by atoms with Crippen molar-refractivity contribution < 1.29 is 0 Å². The molecule has 72 valence electrons. The number of aryl methyl sites for hydroxylation is 1. The van der Waals surface area contributed by atoms with Crippen LogP contribution in [0.3, 0.4) is 0 Å². The Labute approximate surface area is 99.0 Å². The molecule has 2 aromatic heterocycles. The Balaban J connectivity index is 2.63. The molecule has 0 N–H and O–H groups in total. The number of pyridine rings is 2. The van der Waals surface area contributed by atoms with E-state index in [4.69, 9.17) is 0 Å². The molecule has 0 aliphatic rings. The van der Waals surface area contributed by atoms with Gasteiger partial charge in [-0.3, -0.25) is 0 Å². The van der Waals surface area contributed by atoms with Crippen LogP contribution in [0.2, 0.25) is 0 Å². The highest BCUT2D eigenvalue weighted by molar-refractivity contribution is 9.24.